The van der Waals surface area contributed by atoms with Gasteiger partial charge in [0.25, 0.3) is 5.89 Å². The van der Waals surface area contributed by atoms with Crippen molar-refractivity contribution in [2.45, 2.75) is 17.3 Å². The first-order valence-electron chi connectivity index (χ1n) is 9.43. The number of carbonyl (C=O) groups excluding carboxylic acids is 1. The van der Waals surface area contributed by atoms with E-state index in [0.717, 1.165) is 5.56 Å². The first-order chi connectivity index (χ1) is 15.0. The standard InChI is InChI=1S/C23H18N2O5S/c26-23(29-15-21-24-25-22(30-21)18-9-3-1-4-10-18)19-11-7-8-17(14-19)16-31(27,28)20-12-5-2-6-13-20/h1-14H,15-16H2. The summed E-state index contributed by atoms with van der Waals surface area (Å²) in [5, 5.41) is 7.83. The molecule has 0 N–H and O–H groups in total. The molecule has 0 aliphatic rings. The van der Waals surface area contributed by atoms with Crippen molar-refractivity contribution in [3.63, 3.8) is 0 Å². The van der Waals surface area contributed by atoms with E-state index < -0.39 is 15.8 Å². The monoisotopic (exact) mass is 434 g/mol. The molecule has 0 bridgehead atoms. The Hall–Kier alpha value is -3.78. The average Bonchev–Trinajstić information content (AvgIpc) is 3.28. The molecule has 0 radical (unpaired) electrons. The molecule has 0 aliphatic heterocycles. The van der Waals surface area contributed by atoms with Crippen molar-refractivity contribution in [3.05, 3.63) is 102 Å². The van der Waals surface area contributed by atoms with E-state index in [1.807, 2.05) is 30.3 Å². The summed E-state index contributed by atoms with van der Waals surface area (Å²) in [6.07, 6.45) is 0. The third kappa shape index (κ3) is 5.04. The molecule has 3 aromatic carbocycles. The number of benzene rings is 3. The summed E-state index contributed by atoms with van der Waals surface area (Å²) in [6.45, 7) is -0.189. The molecular weight excluding hydrogens is 416 g/mol. The lowest BCUT2D eigenvalue weighted by molar-refractivity contribution is 0.0438. The molecule has 8 heteroatoms. The summed E-state index contributed by atoms with van der Waals surface area (Å²) in [6, 6.07) is 23.8. The molecule has 0 unspecified atom stereocenters. The van der Waals surface area contributed by atoms with Crippen molar-refractivity contribution in [1.82, 2.24) is 10.2 Å². The van der Waals surface area contributed by atoms with Gasteiger partial charge in [-0.05, 0) is 42.0 Å². The Balaban J connectivity index is 1.41. The van der Waals surface area contributed by atoms with Crippen molar-refractivity contribution in [2.24, 2.45) is 0 Å². The second-order valence-electron chi connectivity index (χ2n) is 6.72. The number of aromatic nitrogens is 2. The summed E-state index contributed by atoms with van der Waals surface area (Å²) in [7, 11) is -3.52. The predicted octanol–water partition coefficient (Wildman–Crippen LogP) is 4.07. The van der Waals surface area contributed by atoms with Crippen LogP contribution in [0.1, 0.15) is 21.8 Å². The highest BCUT2D eigenvalue weighted by atomic mass is 32.2. The third-order valence-electron chi connectivity index (χ3n) is 4.44. The smallest absolute Gasteiger partial charge is 0.338 e. The maximum Gasteiger partial charge on any atom is 0.338 e. The number of hydrogen-bond acceptors (Lipinski definition) is 7. The average molecular weight is 434 g/mol. The Morgan fingerprint density at radius 1 is 0.871 bits per heavy atom. The quantitative estimate of drug-likeness (QED) is 0.404. The minimum Gasteiger partial charge on any atom is -0.452 e. The Bertz CT molecular complexity index is 1290. The van der Waals surface area contributed by atoms with Gasteiger partial charge in [0, 0.05) is 5.56 Å². The summed E-state index contributed by atoms with van der Waals surface area (Å²) in [4.78, 5) is 12.7. The largest absolute Gasteiger partial charge is 0.452 e. The lowest BCUT2D eigenvalue weighted by Crippen LogP contribution is -2.08. The van der Waals surface area contributed by atoms with Gasteiger partial charge in [-0.3, -0.25) is 0 Å². The van der Waals surface area contributed by atoms with E-state index in [4.69, 9.17) is 9.15 Å². The fourth-order valence-electron chi connectivity index (χ4n) is 2.94. The minimum atomic E-state index is -3.52. The number of rotatable bonds is 7. The fraction of sp³-hybridized carbons (Fsp3) is 0.0870. The molecule has 0 saturated carbocycles. The van der Waals surface area contributed by atoms with E-state index in [9.17, 15) is 13.2 Å². The van der Waals surface area contributed by atoms with Crippen molar-refractivity contribution in [3.8, 4) is 11.5 Å². The molecule has 1 heterocycles. The Kier molecular flexibility index (Phi) is 5.90. The van der Waals surface area contributed by atoms with Crippen LogP contribution in [-0.4, -0.2) is 24.6 Å². The molecule has 0 spiro atoms. The Labute approximate surface area is 179 Å². The third-order valence-corrected chi connectivity index (χ3v) is 6.14. The molecule has 0 amide bonds. The summed E-state index contributed by atoms with van der Waals surface area (Å²) >= 11 is 0. The fourth-order valence-corrected chi connectivity index (χ4v) is 4.30. The number of nitrogens with zero attached hydrogens (tertiary/aromatic N) is 2. The molecule has 0 fully saturated rings. The maximum absolute atomic E-state index is 12.6. The first-order valence-corrected chi connectivity index (χ1v) is 11.1. The second-order valence-corrected chi connectivity index (χ2v) is 8.71. The molecule has 0 aliphatic carbocycles. The van der Waals surface area contributed by atoms with E-state index in [1.165, 1.54) is 6.07 Å². The molecule has 7 nitrogen and oxygen atoms in total. The van der Waals surface area contributed by atoms with Crippen LogP contribution >= 0.6 is 0 Å². The normalized spacial score (nSPS) is 11.2. The molecule has 4 rings (SSSR count). The van der Waals surface area contributed by atoms with Gasteiger partial charge in [-0.2, -0.15) is 0 Å². The van der Waals surface area contributed by atoms with Crippen molar-refractivity contribution in [2.75, 3.05) is 0 Å². The van der Waals surface area contributed by atoms with Crippen molar-refractivity contribution < 1.29 is 22.4 Å². The molecule has 4 aromatic rings. The van der Waals surface area contributed by atoms with Gasteiger partial charge in [0.2, 0.25) is 5.89 Å². The molecule has 0 atom stereocenters. The zero-order valence-corrected chi connectivity index (χ0v) is 17.2. The lowest BCUT2D eigenvalue weighted by atomic mass is 10.1. The van der Waals surface area contributed by atoms with E-state index in [-0.39, 0.29) is 28.7 Å². The first kappa shape index (κ1) is 20.5. The maximum atomic E-state index is 12.6. The lowest BCUT2D eigenvalue weighted by Gasteiger charge is -2.07. The summed E-state index contributed by atoms with van der Waals surface area (Å²) < 4.78 is 35.9. The van der Waals surface area contributed by atoms with Crippen LogP contribution in [0.4, 0.5) is 0 Å². The second kappa shape index (κ2) is 8.93. The van der Waals surface area contributed by atoms with Gasteiger partial charge >= 0.3 is 5.97 Å². The van der Waals surface area contributed by atoms with Gasteiger partial charge < -0.3 is 9.15 Å². The van der Waals surface area contributed by atoms with Crippen molar-refractivity contribution >= 4 is 15.8 Å². The van der Waals surface area contributed by atoms with Crippen LogP contribution in [0.25, 0.3) is 11.5 Å². The molecule has 1 aromatic heterocycles. The van der Waals surface area contributed by atoms with E-state index in [0.29, 0.717) is 11.5 Å². The minimum absolute atomic E-state index is 0.162. The van der Waals surface area contributed by atoms with Crippen LogP contribution < -0.4 is 0 Å². The zero-order chi connectivity index (χ0) is 21.7. The SMILES string of the molecule is O=C(OCc1nnc(-c2ccccc2)o1)c1cccc(CS(=O)(=O)c2ccccc2)c1. The Morgan fingerprint density at radius 3 is 2.32 bits per heavy atom. The zero-order valence-electron chi connectivity index (χ0n) is 16.3. The predicted molar refractivity (Wildman–Crippen MR) is 113 cm³/mol. The number of esters is 1. The van der Waals surface area contributed by atoms with Crippen LogP contribution in [-0.2, 0) is 26.9 Å². The molecular formula is C23H18N2O5S. The highest BCUT2D eigenvalue weighted by molar-refractivity contribution is 7.90. The number of ether oxygens (including phenoxy) is 1. The van der Waals surface area contributed by atoms with Crippen LogP contribution in [0.5, 0.6) is 0 Å². The van der Waals surface area contributed by atoms with Gasteiger partial charge in [0.05, 0.1) is 16.2 Å². The van der Waals surface area contributed by atoms with E-state index >= 15 is 0 Å². The highest BCUT2D eigenvalue weighted by Gasteiger charge is 2.17. The topological polar surface area (TPSA) is 99.4 Å². The van der Waals surface area contributed by atoms with Crippen LogP contribution in [0.15, 0.2) is 94.2 Å². The summed E-state index contributed by atoms with van der Waals surface area (Å²) in [5.74, 6) is -0.337. The Morgan fingerprint density at radius 2 is 1.58 bits per heavy atom. The molecule has 0 saturated heterocycles. The van der Waals surface area contributed by atoms with Crippen molar-refractivity contribution in [1.29, 1.82) is 0 Å². The van der Waals surface area contributed by atoms with Crippen LogP contribution in [0.3, 0.4) is 0 Å². The molecule has 156 valence electrons. The van der Waals surface area contributed by atoms with Gasteiger partial charge in [0.1, 0.15) is 0 Å². The molecule has 31 heavy (non-hydrogen) atoms. The summed E-state index contributed by atoms with van der Waals surface area (Å²) in [5.41, 5.74) is 1.49. The van der Waals surface area contributed by atoms with Crippen LogP contribution in [0, 0.1) is 0 Å². The van der Waals surface area contributed by atoms with E-state index in [1.54, 1.807) is 48.5 Å². The van der Waals surface area contributed by atoms with E-state index in [2.05, 4.69) is 10.2 Å². The van der Waals surface area contributed by atoms with Gasteiger partial charge in [0.15, 0.2) is 16.4 Å². The number of sulfone groups is 1. The van der Waals surface area contributed by atoms with Gasteiger partial charge in [-0.25, -0.2) is 13.2 Å². The van der Waals surface area contributed by atoms with Gasteiger partial charge in [-0.1, -0.05) is 48.5 Å². The van der Waals surface area contributed by atoms with Gasteiger partial charge in [-0.15, -0.1) is 10.2 Å². The van der Waals surface area contributed by atoms with Crippen LogP contribution in [0.2, 0.25) is 0 Å². The number of carbonyl (C=O) groups is 1. The highest BCUT2D eigenvalue weighted by Crippen LogP contribution is 2.19. The number of hydrogen-bond donors (Lipinski definition) is 0.